The van der Waals surface area contributed by atoms with E-state index >= 15 is 0 Å². The summed E-state index contributed by atoms with van der Waals surface area (Å²) in [6.07, 6.45) is -0.541. The molecule has 1 saturated heterocycles. The molecule has 0 amide bonds. The smallest absolute Gasteiger partial charge is 0.219 e. The highest BCUT2D eigenvalue weighted by Crippen LogP contribution is 2.38. The Hall–Kier alpha value is -1.06. The van der Waals surface area contributed by atoms with Crippen LogP contribution in [0.15, 0.2) is 5.16 Å². The Morgan fingerprint density at radius 1 is 1.33 bits per heavy atom. The fourth-order valence-corrected chi connectivity index (χ4v) is 2.80. The predicted octanol–water partition coefficient (Wildman–Crippen LogP) is -0.290. The van der Waals surface area contributed by atoms with E-state index < -0.39 is 11.9 Å². The van der Waals surface area contributed by atoms with Crippen LogP contribution in [-0.4, -0.2) is 70.3 Å². The van der Waals surface area contributed by atoms with Gasteiger partial charge in [-0.1, -0.05) is 5.16 Å². The third kappa shape index (κ3) is 2.82. The lowest BCUT2D eigenvalue weighted by Crippen LogP contribution is -2.56. The lowest BCUT2D eigenvalue weighted by molar-refractivity contribution is -0.170. The molecule has 2 fully saturated rings. The number of hydrogen-bond acceptors (Lipinski definition) is 8. The van der Waals surface area contributed by atoms with E-state index in [0.717, 1.165) is 0 Å². The van der Waals surface area contributed by atoms with Crippen LogP contribution in [0.4, 0.5) is 0 Å². The van der Waals surface area contributed by atoms with Crippen molar-refractivity contribution in [2.24, 2.45) is 11.1 Å². The van der Waals surface area contributed by atoms with Crippen molar-refractivity contribution < 1.29 is 33.3 Å². The topological polar surface area (TPSA) is 84.8 Å². The van der Waals surface area contributed by atoms with Crippen LogP contribution in [0.25, 0.3) is 0 Å². The summed E-state index contributed by atoms with van der Waals surface area (Å²) in [7, 11) is 1.59. The largest absolute Gasteiger partial charge is 0.395 e. The predicted molar refractivity (Wildman–Crippen MR) is 68.7 cm³/mol. The second-order valence-electron chi connectivity index (χ2n) is 5.08. The number of carbonyl (C=O) groups excluding carboxylic acids is 1. The number of Topliss-reactive ketones (excluding diaryl/α,β-unsaturated/α-hetero) is 1. The van der Waals surface area contributed by atoms with E-state index in [2.05, 4.69) is 5.16 Å². The van der Waals surface area contributed by atoms with Crippen LogP contribution in [0.5, 0.6) is 0 Å². The summed E-state index contributed by atoms with van der Waals surface area (Å²) in [6.45, 7) is 2.10. The molecular formula is C13H19NO7. The monoisotopic (exact) mass is 301 g/mol. The highest BCUT2D eigenvalue weighted by Gasteiger charge is 2.57. The Labute approximate surface area is 122 Å². The average molecular weight is 301 g/mol. The number of hydrogen-bond donors (Lipinski definition) is 0. The van der Waals surface area contributed by atoms with Crippen LogP contribution in [-0.2, 0) is 33.3 Å². The maximum atomic E-state index is 12.3. The Balaban J connectivity index is 1.62. The summed E-state index contributed by atoms with van der Waals surface area (Å²) in [5.41, 5.74) is 0.612. The first-order valence-corrected chi connectivity index (χ1v) is 6.96. The fourth-order valence-electron chi connectivity index (χ4n) is 2.80. The van der Waals surface area contributed by atoms with Gasteiger partial charge in [-0.25, -0.2) is 0 Å². The highest BCUT2D eigenvalue weighted by atomic mass is 16.7. The summed E-state index contributed by atoms with van der Waals surface area (Å²) >= 11 is 0. The van der Waals surface area contributed by atoms with E-state index in [9.17, 15) is 4.79 Å². The van der Waals surface area contributed by atoms with Crippen LogP contribution in [0.3, 0.4) is 0 Å². The Kier molecular flexibility index (Phi) is 4.51. The molecule has 2 aliphatic heterocycles. The SMILES string of the molecule is COCCOCO[C@H]1C(=O)CC2(OCCO2)C2=NOC[C@H]21. The normalized spacial score (nSPS) is 30.3. The molecule has 2 atom stereocenters. The van der Waals surface area contributed by atoms with Gasteiger partial charge in [0.1, 0.15) is 25.2 Å². The molecule has 0 aromatic carbocycles. The first kappa shape index (κ1) is 14.9. The molecule has 0 aromatic rings. The Morgan fingerprint density at radius 3 is 2.90 bits per heavy atom. The lowest BCUT2D eigenvalue weighted by Gasteiger charge is -2.36. The minimum atomic E-state index is -1.05. The number of rotatable bonds is 6. The van der Waals surface area contributed by atoms with E-state index in [1.165, 1.54) is 0 Å². The van der Waals surface area contributed by atoms with Gasteiger partial charge in [0.25, 0.3) is 0 Å². The van der Waals surface area contributed by atoms with Crippen molar-refractivity contribution in [1.29, 1.82) is 0 Å². The molecule has 1 saturated carbocycles. The van der Waals surface area contributed by atoms with Gasteiger partial charge in [-0.3, -0.25) is 4.79 Å². The van der Waals surface area contributed by atoms with Crippen LogP contribution in [0.1, 0.15) is 6.42 Å². The zero-order chi connectivity index (χ0) is 14.7. The van der Waals surface area contributed by atoms with Crippen molar-refractivity contribution in [3.05, 3.63) is 0 Å². The maximum Gasteiger partial charge on any atom is 0.219 e. The van der Waals surface area contributed by atoms with Gasteiger partial charge in [0.15, 0.2) is 5.78 Å². The summed E-state index contributed by atoms with van der Waals surface area (Å²) in [4.78, 5) is 17.5. The van der Waals surface area contributed by atoms with Gasteiger partial charge in [0.2, 0.25) is 5.79 Å². The van der Waals surface area contributed by atoms with E-state index in [1.54, 1.807) is 7.11 Å². The van der Waals surface area contributed by atoms with Crippen molar-refractivity contribution in [3.8, 4) is 0 Å². The number of fused-ring (bicyclic) bond motifs is 2. The van der Waals surface area contributed by atoms with E-state index in [0.29, 0.717) is 32.1 Å². The van der Waals surface area contributed by atoms with Crippen LogP contribution < -0.4 is 0 Å². The molecule has 0 bridgehead atoms. The van der Waals surface area contributed by atoms with Gasteiger partial charge in [0.05, 0.1) is 38.8 Å². The van der Waals surface area contributed by atoms with Crippen molar-refractivity contribution in [1.82, 2.24) is 0 Å². The highest BCUT2D eigenvalue weighted by molar-refractivity contribution is 6.05. The van der Waals surface area contributed by atoms with Crippen LogP contribution in [0.2, 0.25) is 0 Å². The zero-order valence-electron chi connectivity index (χ0n) is 11.9. The summed E-state index contributed by atoms with van der Waals surface area (Å²) < 4.78 is 26.9. The third-order valence-corrected chi connectivity index (χ3v) is 3.76. The summed E-state index contributed by atoms with van der Waals surface area (Å²) in [5.74, 6) is -1.41. The molecular weight excluding hydrogens is 282 g/mol. The van der Waals surface area contributed by atoms with Crippen molar-refractivity contribution in [3.63, 3.8) is 0 Å². The van der Waals surface area contributed by atoms with Gasteiger partial charge in [0, 0.05) is 7.11 Å². The molecule has 3 rings (SSSR count). The Morgan fingerprint density at radius 2 is 2.14 bits per heavy atom. The number of ether oxygens (including phenoxy) is 5. The maximum absolute atomic E-state index is 12.3. The second-order valence-corrected chi connectivity index (χ2v) is 5.08. The van der Waals surface area contributed by atoms with Crippen molar-refractivity contribution in [2.45, 2.75) is 18.3 Å². The van der Waals surface area contributed by atoms with Gasteiger partial charge in [-0.05, 0) is 0 Å². The molecule has 0 N–H and O–H groups in total. The molecule has 3 aliphatic rings. The van der Waals surface area contributed by atoms with Gasteiger partial charge in [-0.2, -0.15) is 0 Å². The minimum Gasteiger partial charge on any atom is -0.395 e. The standard InChI is InChI=1S/C13H19NO7/c1-16-2-3-17-8-18-11-9-7-21-14-12(9)13(6-10(11)15)19-4-5-20-13/h9,11H,2-8H2,1H3/t9-,11+/m0/s1. The van der Waals surface area contributed by atoms with Crippen molar-refractivity contribution in [2.75, 3.05) is 46.9 Å². The Bertz CT molecular complexity index is 419. The quantitative estimate of drug-likeness (QED) is 0.492. The molecule has 2 heterocycles. The van der Waals surface area contributed by atoms with Gasteiger partial charge >= 0.3 is 0 Å². The second kappa shape index (κ2) is 6.37. The first-order valence-electron chi connectivity index (χ1n) is 6.96. The van der Waals surface area contributed by atoms with E-state index in [-0.39, 0.29) is 31.5 Å². The zero-order valence-corrected chi connectivity index (χ0v) is 11.9. The molecule has 0 radical (unpaired) electrons. The molecule has 0 unspecified atom stereocenters. The molecule has 21 heavy (non-hydrogen) atoms. The van der Waals surface area contributed by atoms with Gasteiger partial charge < -0.3 is 28.5 Å². The number of carbonyl (C=O) groups is 1. The lowest BCUT2D eigenvalue weighted by atomic mass is 9.80. The molecule has 1 aliphatic carbocycles. The summed E-state index contributed by atoms with van der Waals surface area (Å²) in [5, 5.41) is 4.01. The molecule has 118 valence electrons. The van der Waals surface area contributed by atoms with Crippen LogP contribution >= 0.6 is 0 Å². The fraction of sp³-hybridized carbons (Fsp3) is 0.846. The third-order valence-electron chi connectivity index (χ3n) is 3.76. The van der Waals surface area contributed by atoms with Gasteiger partial charge in [-0.15, -0.1) is 0 Å². The molecule has 8 nitrogen and oxygen atoms in total. The van der Waals surface area contributed by atoms with E-state index in [1.807, 2.05) is 0 Å². The number of oxime groups is 1. The number of ketones is 1. The minimum absolute atomic E-state index is 0.0261. The van der Waals surface area contributed by atoms with Crippen LogP contribution in [0, 0.1) is 5.92 Å². The molecule has 1 spiro atoms. The van der Waals surface area contributed by atoms with E-state index in [4.69, 9.17) is 28.5 Å². The average Bonchev–Trinajstić information content (AvgIpc) is 3.11. The number of methoxy groups -OCH3 is 1. The molecule has 0 aromatic heterocycles. The van der Waals surface area contributed by atoms with Crippen molar-refractivity contribution >= 4 is 11.5 Å². The summed E-state index contributed by atoms with van der Waals surface area (Å²) in [6, 6.07) is 0. The first-order chi connectivity index (χ1) is 10.3. The number of nitrogens with zero attached hydrogens (tertiary/aromatic N) is 1. The molecule has 8 heteroatoms.